The summed E-state index contributed by atoms with van der Waals surface area (Å²) in [6.07, 6.45) is 8.71. The van der Waals surface area contributed by atoms with Gasteiger partial charge in [-0.3, -0.25) is 9.78 Å². The third-order valence-electron chi connectivity index (χ3n) is 9.18. The number of nitrogens with one attached hydrogen (secondary N) is 1. The molecule has 1 unspecified atom stereocenters. The summed E-state index contributed by atoms with van der Waals surface area (Å²) in [6, 6.07) is 1.99. The molecule has 3 fully saturated rings. The number of hydrogen-bond acceptors (Lipinski definition) is 5. The van der Waals surface area contributed by atoms with Gasteiger partial charge in [0.2, 0.25) is 5.91 Å². The van der Waals surface area contributed by atoms with Crippen molar-refractivity contribution in [1.82, 2.24) is 25.0 Å². The molecule has 1 atom stereocenters. The van der Waals surface area contributed by atoms with Crippen molar-refractivity contribution in [2.75, 3.05) is 32.7 Å². The van der Waals surface area contributed by atoms with E-state index in [4.69, 9.17) is 4.74 Å². The van der Waals surface area contributed by atoms with E-state index in [9.17, 15) is 14.4 Å². The van der Waals surface area contributed by atoms with Crippen LogP contribution in [0, 0.1) is 16.7 Å². The standard InChI is InChI=1S/C29H43N5O4/c1-27(2,3)38-26(37)33-11-6-28(4,7-12-33)16-24(35)32-13-8-29(9-14-32)15-23(29)18-31-25(36)34-19-21-5-10-30-17-22(21)20-34/h5,10,17,23H,6-9,11-16,18-20H2,1-4H3,(H,31,36). The molecule has 3 aliphatic heterocycles. The fourth-order valence-electron chi connectivity index (χ4n) is 6.43. The fourth-order valence-corrected chi connectivity index (χ4v) is 6.43. The van der Waals surface area contributed by atoms with Gasteiger partial charge in [-0.2, -0.15) is 0 Å². The van der Waals surface area contributed by atoms with Crippen LogP contribution in [0.5, 0.6) is 0 Å². The number of amides is 4. The zero-order valence-electron chi connectivity index (χ0n) is 23.4. The zero-order chi connectivity index (χ0) is 27.1. The van der Waals surface area contributed by atoms with Crippen LogP contribution in [0.15, 0.2) is 18.5 Å². The molecule has 9 nitrogen and oxygen atoms in total. The van der Waals surface area contributed by atoms with E-state index in [1.54, 1.807) is 11.1 Å². The van der Waals surface area contributed by atoms with Gasteiger partial charge in [0.25, 0.3) is 0 Å². The second-order valence-electron chi connectivity index (χ2n) is 13.3. The molecule has 1 aromatic rings. The van der Waals surface area contributed by atoms with Crippen LogP contribution in [-0.4, -0.2) is 76.0 Å². The highest BCUT2D eigenvalue weighted by Gasteiger charge is 2.55. The first-order valence-electron chi connectivity index (χ1n) is 14.2. The minimum absolute atomic E-state index is 0.00169. The molecule has 1 N–H and O–H groups in total. The van der Waals surface area contributed by atoms with E-state index in [2.05, 4.69) is 17.2 Å². The van der Waals surface area contributed by atoms with Crippen LogP contribution < -0.4 is 5.32 Å². The van der Waals surface area contributed by atoms with E-state index in [1.165, 1.54) is 5.56 Å². The summed E-state index contributed by atoms with van der Waals surface area (Å²) in [5.74, 6) is 0.742. The molecular formula is C29H43N5O4. The molecule has 0 bridgehead atoms. The van der Waals surface area contributed by atoms with Crippen molar-refractivity contribution in [3.05, 3.63) is 29.6 Å². The van der Waals surface area contributed by atoms with Gasteiger partial charge in [0.15, 0.2) is 0 Å². The van der Waals surface area contributed by atoms with Gasteiger partial charge in [-0.1, -0.05) is 6.92 Å². The number of piperidine rings is 2. The molecule has 0 radical (unpaired) electrons. The number of fused-ring (bicyclic) bond motifs is 1. The number of rotatable bonds is 4. The Kier molecular flexibility index (Phi) is 7.07. The summed E-state index contributed by atoms with van der Waals surface area (Å²) < 4.78 is 5.51. The van der Waals surface area contributed by atoms with Crippen LogP contribution in [0.1, 0.15) is 77.3 Å². The van der Waals surface area contributed by atoms with Crippen molar-refractivity contribution in [3.8, 4) is 0 Å². The third kappa shape index (κ3) is 5.91. The highest BCUT2D eigenvalue weighted by Crippen LogP contribution is 2.59. The average Bonchev–Trinajstić information content (AvgIpc) is 3.33. The second-order valence-corrected chi connectivity index (χ2v) is 13.3. The predicted molar refractivity (Wildman–Crippen MR) is 143 cm³/mol. The fraction of sp³-hybridized carbons (Fsp3) is 0.724. The first kappa shape index (κ1) is 26.8. The van der Waals surface area contributed by atoms with E-state index in [1.807, 2.05) is 42.8 Å². The number of aromatic nitrogens is 1. The first-order valence-corrected chi connectivity index (χ1v) is 14.2. The van der Waals surface area contributed by atoms with Crippen molar-refractivity contribution in [1.29, 1.82) is 0 Å². The molecule has 208 valence electrons. The monoisotopic (exact) mass is 525 g/mol. The van der Waals surface area contributed by atoms with Crippen LogP contribution in [0.4, 0.5) is 9.59 Å². The van der Waals surface area contributed by atoms with Gasteiger partial charge in [0.05, 0.1) is 0 Å². The highest BCUT2D eigenvalue weighted by molar-refractivity contribution is 5.77. The number of carbonyl (C=O) groups is 3. The molecule has 1 spiro atoms. The molecule has 1 saturated carbocycles. The maximum atomic E-state index is 13.2. The number of ether oxygens (including phenoxy) is 1. The lowest BCUT2D eigenvalue weighted by molar-refractivity contribution is -0.135. The predicted octanol–water partition coefficient (Wildman–Crippen LogP) is 4.16. The molecule has 9 heteroatoms. The summed E-state index contributed by atoms with van der Waals surface area (Å²) in [6.45, 7) is 12.7. The van der Waals surface area contributed by atoms with Crippen LogP contribution in [0.25, 0.3) is 0 Å². The molecule has 4 amide bonds. The van der Waals surface area contributed by atoms with E-state index in [-0.39, 0.29) is 28.9 Å². The van der Waals surface area contributed by atoms with Crippen LogP contribution in [-0.2, 0) is 22.6 Å². The maximum Gasteiger partial charge on any atom is 0.410 e. The Morgan fingerprint density at radius 3 is 2.32 bits per heavy atom. The Balaban J connectivity index is 1.02. The molecule has 2 saturated heterocycles. The van der Waals surface area contributed by atoms with Gasteiger partial charge in [-0.15, -0.1) is 0 Å². The third-order valence-corrected chi connectivity index (χ3v) is 9.18. The molecule has 1 aromatic heterocycles. The normalized spacial score (nSPS) is 23.7. The van der Waals surface area contributed by atoms with Gasteiger partial charge in [0.1, 0.15) is 5.60 Å². The molecule has 5 rings (SSSR count). The second kappa shape index (κ2) is 10.0. The smallest absolute Gasteiger partial charge is 0.410 e. The van der Waals surface area contributed by atoms with Crippen molar-refractivity contribution in [2.45, 2.75) is 84.9 Å². The number of likely N-dealkylation sites (tertiary alicyclic amines) is 2. The minimum atomic E-state index is -0.496. The quantitative estimate of drug-likeness (QED) is 0.637. The lowest BCUT2D eigenvalue weighted by atomic mass is 9.77. The van der Waals surface area contributed by atoms with Crippen molar-refractivity contribution >= 4 is 18.0 Å². The summed E-state index contributed by atoms with van der Waals surface area (Å²) in [5.41, 5.74) is 2.01. The molecule has 0 aromatic carbocycles. The molecule has 1 aliphatic carbocycles. The Morgan fingerprint density at radius 2 is 1.66 bits per heavy atom. The van der Waals surface area contributed by atoms with Gasteiger partial charge in [-0.25, -0.2) is 9.59 Å². The minimum Gasteiger partial charge on any atom is -0.444 e. The lowest BCUT2D eigenvalue weighted by Gasteiger charge is -2.41. The lowest BCUT2D eigenvalue weighted by Crippen LogP contribution is -2.47. The first-order chi connectivity index (χ1) is 18.0. The van der Waals surface area contributed by atoms with Gasteiger partial charge in [-0.05, 0) is 86.8 Å². The van der Waals surface area contributed by atoms with Crippen molar-refractivity contribution in [2.24, 2.45) is 16.7 Å². The van der Waals surface area contributed by atoms with Gasteiger partial charge >= 0.3 is 12.1 Å². The van der Waals surface area contributed by atoms with Crippen LogP contribution in [0.2, 0.25) is 0 Å². The van der Waals surface area contributed by atoms with Crippen LogP contribution in [0.3, 0.4) is 0 Å². The number of urea groups is 1. The van der Waals surface area contributed by atoms with E-state index in [0.717, 1.165) is 50.8 Å². The number of pyridine rings is 1. The van der Waals surface area contributed by atoms with Crippen LogP contribution >= 0.6 is 0 Å². The zero-order valence-corrected chi connectivity index (χ0v) is 23.4. The Hall–Kier alpha value is -2.84. The highest BCUT2D eigenvalue weighted by atomic mass is 16.6. The van der Waals surface area contributed by atoms with E-state index < -0.39 is 5.60 Å². The van der Waals surface area contributed by atoms with Crippen molar-refractivity contribution in [3.63, 3.8) is 0 Å². The topological polar surface area (TPSA) is 95.1 Å². The Labute approximate surface area is 226 Å². The molecule has 4 heterocycles. The van der Waals surface area contributed by atoms with Crippen molar-refractivity contribution < 1.29 is 19.1 Å². The number of carbonyl (C=O) groups excluding carboxylic acids is 3. The van der Waals surface area contributed by atoms with Gasteiger partial charge < -0.3 is 24.8 Å². The Morgan fingerprint density at radius 1 is 1.00 bits per heavy atom. The SMILES string of the molecule is CC1(CC(=O)N2CCC3(CC2)CC3CNC(=O)N2Cc3ccncc3C2)CCN(C(=O)OC(C)(C)C)CC1. The Bertz CT molecular complexity index is 1040. The largest absolute Gasteiger partial charge is 0.444 e. The van der Waals surface area contributed by atoms with Gasteiger partial charge in [0, 0.05) is 64.6 Å². The molecule has 4 aliphatic rings. The molecular weight excluding hydrogens is 482 g/mol. The number of hydrogen-bond donors (Lipinski definition) is 1. The average molecular weight is 526 g/mol. The van der Waals surface area contributed by atoms with E-state index in [0.29, 0.717) is 45.1 Å². The maximum absolute atomic E-state index is 13.2. The summed E-state index contributed by atoms with van der Waals surface area (Å²) in [5, 5.41) is 3.16. The summed E-state index contributed by atoms with van der Waals surface area (Å²) in [7, 11) is 0. The molecule has 38 heavy (non-hydrogen) atoms. The number of nitrogens with zero attached hydrogens (tertiary/aromatic N) is 4. The van der Waals surface area contributed by atoms with E-state index >= 15 is 0 Å². The summed E-state index contributed by atoms with van der Waals surface area (Å²) >= 11 is 0. The summed E-state index contributed by atoms with van der Waals surface area (Å²) in [4.78, 5) is 48.1.